The van der Waals surface area contributed by atoms with Gasteiger partial charge >= 0.3 is 0 Å². The van der Waals surface area contributed by atoms with Gasteiger partial charge in [-0.3, -0.25) is 0 Å². The van der Waals surface area contributed by atoms with Gasteiger partial charge in [0.2, 0.25) is 5.95 Å². The second-order valence-corrected chi connectivity index (χ2v) is 9.06. The molecular weight excluding hydrogens is 480 g/mol. The van der Waals surface area contributed by atoms with Crippen molar-refractivity contribution in [1.82, 2.24) is 19.7 Å². The Bertz CT molecular complexity index is 1360. The molecule has 4 aromatic rings. The zero-order valence-electron chi connectivity index (χ0n) is 20.2. The quantitative estimate of drug-likeness (QED) is 0.386. The first-order valence-electron chi connectivity index (χ1n) is 12.4. The minimum atomic E-state index is -0.700. The third kappa shape index (κ3) is 4.92. The number of halogens is 2. The highest BCUT2D eigenvalue weighted by molar-refractivity contribution is 5.90. The van der Waals surface area contributed by atoms with Crippen LogP contribution in [-0.2, 0) is 9.47 Å². The number of morpholine rings is 1. The Morgan fingerprint density at radius 1 is 0.865 bits per heavy atom. The van der Waals surface area contributed by atoms with Gasteiger partial charge in [0.1, 0.15) is 17.3 Å². The number of benzene rings is 2. The number of ether oxygens (including phenoxy) is 2. The van der Waals surface area contributed by atoms with Crippen molar-refractivity contribution in [2.75, 3.05) is 55.1 Å². The SMILES string of the molecule is Fc1cccc(F)c1Nc1nn(C2CCOCC2)c2nc(Nc3ccc(N4CCOCC4)cc3)ncc12. The third-order valence-corrected chi connectivity index (χ3v) is 6.69. The van der Waals surface area contributed by atoms with E-state index in [2.05, 4.69) is 37.7 Å². The summed E-state index contributed by atoms with van der Waals surface area (Å²) in [7, 11) is 0. The van der Waals surface area contributed by atoms with E-state index in [9.17, 15) is 8.78 Å². The van der Waals surface area contributed by atoms with Crippen molar-refractivity contribution in [3.8, 4) is 0 Å². The maximum absolute atomic E-state index is 14.3. The Labute approximate surface area is 212 Å². The van der Waals surface area contributed by atoms with Crippen molar-refractivity contribution in [2.45, 2.75) is 18.9 Å². The molecule has 0 saturated carbocycles. The third-order valence-electron chi connectivity index (χ3n) is 6.69. The Kier molecular flexibility index (Phi) is 6.54. The summed E-state index contributed by atoms with van der Waals surface area (Å²) in [4.78, 5) is 11.5. The number of rotatable bonds is 6. The van der Waals surface area contributed by atoms with Crippen molar-refractivity contribution in [3.63, 3.8) is 0 Å². The number of aromatic nitrogens is 4. The zero-order chi connectivity index (χ0) is 25.2. The van der Waals surface area contributed by atoms with Gasteiger partial charge in [-0.1, -0.05) is 6.07 Å². The summed E-state index contributed by atoms with van der Waals surface area (Å²) >= 11 is 0. The molecule has 2 saturated heterocycles. The van der Waals surface area contributed by atoms with Gasteiger partial charge in [0.15, 0.2) is 11.5 Å². The summed E-state index contributed by atoms with van der Waals surface area (Å²) in [6, 6.07) is 11.9. The van der Waals surface area contributed by atoms with E-state index in [1.54, 1.807) is 6.20 Å². The number of anilines is 5. The predicted octanol–water partition coefficient (Wildman–Crippen LogP) is 4.78. The maximum atomic E-state index is 14.3. The van der Waals surface area contributed by atoms with Crippen LogP contribution in [0.15, 0.2) is 48.7 Å². The molecule has 0 aliphatic carbocycles. The van der Waals surface area contributed by atoms with E-state index < -0.39 is 11.6 Å². The molecule has 0 amide bonds. The Morgan fingerprint density at radius 2 is 1.57 bits per heavy atom. The van der Waals surface area contributed by atoms with E-state index in [0.717, 1.165) is 50.5 Å². The number of para-hydroxylation sites is 1. The fourth-order valence-corrected chi connectivity index (χ4v) is 4.70. The molecule has 0 atom stereocenters. The zero-order valence-corrected chi connectivity index (χ0v) is 20.2. The van der Waals surface area contributed by atoms with Crippen molar-refractivity contribution in [1.29, 1.82) is 0 Å². The van der Waals surface area contributed by atoms with Gasteiger partial charge in [-0.15, -0.1) is 0 Å². The van der Waals surface area contributed by atoms with Gasteiger partial charge < -0.3 is 25.0 Å². The molecule has 2 aliphatic heterocycles. The first-order valence-corrected chi connectivity index (χ1v) is 12.4. The van der Waals surface area contributed by atoms with Gasteiger partial charge in [-0.05, 0) is 49.2 Å². The molecule has 4 heterocycles. The van der Waals surface area contributed by atoms with Crippen LogP contribution < -0.4 is 15.5 Å². The first-order chi connectivity index (χ1) is 18.2. The van der Waals surface area contributed by atoms with Crippen LogP contribution >= 0.6 is 0 Å². The van der Waals surface area contributed by atoms with E-state index in [1.165, 1.54) is 18.2 Å². The second kappa shape index (κ2) is 10.3. The monoisotopic (exact) mass is 507 g/mol. The van der Waals surface area contributed by atoms with Crippen LogP contribution in [0.4, 0.5) is 37.6 Å². The van der Waals surface area contributed by atoms with E-state index in [1.807, 2.05) is 16.8 Å². The average molecular weight is 508 g/mol. The number of fused-ring (bicyclic) bond motifs is 1. The molecule has 6 rings (SSSR count). The molecule has 2 aliphatic rings. The fraction of sp³-hybridized carbons (Fsp3) is 0.346. The molecule has 2 aromatic carbocycles. The molecule has 0 bridgehead atoms. The van der Waals surface area contributed by atoms with E-state index in [4.69, 9.17) is 14.5 Å². The minimum Gasteiger partial charge on any atom is -0.381 e. The largest absolute Gasteiger partial charge is 0.381 e. The highest BCUT2D eigenvalue weighted by atomic mass is 19.1. The summed E-state index contributed by atoms with van der Waals surface area (Å²) in [6.07, 6.45) is 3.15. The Hall–Kier alpha value is -3.83. The molecule has 192 valence electrons. The minimum absolute atomic E-state index is 0.0489. The number of nitrogens with zero attached hydrogens (tertiary/aromatic N) is 5. The van der Waals surface area contributed by atoms with Crippen LogP contribution in [0.2, 0.25) is 0 Å². The van der Waals surface area contributed by atoms with Gasteiger partial charge in [-0.25, -0.2) is 18.4 Å². The molecule has 0 spiro atoms. The van der Waals surface area contributed by atoms with Crippen LogP contribution in [0.3, 0.4) is 0 Å². The number of hydrogen-bond donors (Lipinski definition) is 2. The van der Waals surface area contributed by atoms with Crippen LogP contribution in [-0.4, -0.2) is 59.3 Å². The van der Waals surface area contributed by atoms with Crippen molar-refractivity contribution < 1.29 is 18.3 Å². The first kappa shape index (κ1) is 23.6. The van der Waals surface area contributed by atoms with Crippen molar-refractivity contribution in [2.24, 2.45) is 0 Å². The standard InChI is InChI=1S/C26H27F2N7O2/c27-21-2-1-3-22(28)23(21)31-24-20-16-29-26(32-25(20)35(33-24)19-8-12-36-13-9-19)30-17-4-6-18(7-5-17)34-10-14-37-15-11-34/h1-7,16,19H,8-15H2,(H,31,33)(H,29,30,32). The van der Waals surface area contributed by atoms with Crippen molar-refractivity contribution >= 4 is 39.9 Å². The maximum Gasteiger partial charge on any atom is 0.229 e. The molecule has 2 aromatic heterocycles. The van der Waals surface area contributed by atoms with Gasteiger partial charge in [0, 0.05) is 43.9 Å². The van der Waals surface area contributed by atoms with Gasteiger partial charge in [0.05, 0.1) is 24.6 Å². The lowest BCUT2D eigenvalue weighted by Gasteiger charge is -2.28. The summed E-state index contributed by atoms with van der Waals surface area (Å²) in [5.74, 6) is -0.697. The van der Waals surface area contributed by atoms with Crippen LogP contribution in [0.25, 0.3) is 11.0 Å². The number of nitrogens with one attached hydrogen (secondary N) is 2. The second-order valence-electron chi connectivity index (χ2n) is 9.06. The Balaban J connectivity index is 1.31. The summed E-state index contributed by atoms with van der Waals surface area (Å²) in [6.45, 7) is 4.43. The topological polar surface area (TPSA) is 89.4 Å². The van der Waals surface area contributed by atoms with Crippen LogP contribution in [0.5, 0.6) is 0 Å². The van der Waals surface area contributed by atoms with Gasteiger partial charge in [-0.2, -0.15) is 10.1 Å². The van der Waals surface area contributed by atoms with E-state index in [0.29, 0.717) is 36.0 Å². The van der Waals surface area contributed by atoms with Crippen LogP contribution in [0, 0.1) is 11.6 Å². The van der Waals surface area contributed by atoms with Crippen molar-refractivity contribution in [3.05, 3.63) is 60.3 Å². The van der Waals surface area contributed by atoms with E-state index in [-0.39, 0.29) is 11.7 Å². The predicted molar refractivity (Wildman–Crippen MR) is 137 cm³/mol. The molecule has 0 unspecified atom stereocenters. The normalized spacial score (nSPS) is 16.8. The van der Waals surface area contributed by atoms with Crippen LogP contribution in [0.1, 0.15) is 18.9 Å². The molecular formula is C26H27F2N7O2. The molecule has 2 N–H and O–H groups in total. The molecule has 9 nitrogen and oxygen atoms in total. The summed E-state index contributed by atoms with van der Waals surface area (Å²) in [5.41, 5.74) is 2.30. The summed E-state index contributed by atoms with van der Waals surface area (Å²) < 4.78 is 41.5. The summed E-state index contributed by atoms with van der Waals surface area (Å²) in [5, 5.41) is 11.3. The fourth-order valence-electron chi connectivity index (χ4n) is 4.70. The molecule has 2 fully saturated rings. The average Bonchev–Trinajstić information content (AvgIpc) is 3.30. The van der Waals surface area contributed by atoms with E-state index >= 15 is 0 Å². The molecule has 37 heavy (non-hydrogen) atoms. The highest BCUT2D eigenvalue weighted by Gasteiger charge is 2.24. The van der Waals surface area contributed by atoms with Gasteiger partial charge in [0.25, 0.3) is 0 Å². The highest BCUT2D eigenvalue weighted by Crippen LogP contribution is 2.32. The lowest BCUT2D eigenvalue weighted by Crippen LogP contribution is -2.36. The Morgan fingerprint density at radius 3 is 2.30 bits per heavy atom. The lowest BCUT2D eigenvalue weighted by molar-refractivity contribution is 0.0674. The molecule has 0 radical (unpaired) electrons. The number of hydrogen-bond acceptors (Lipinski definition) is 8. The lowest BCUT2D eigenvalue weighted by atomic mass is 10.1. The smallest absolute Gasteiger partial charge is 0.229 e. The molecule has 11 heteroatoms.